The number of benzene rings is 1. The molecular formula is C14H14FN4O3+. The fraction of sp³-hybridized carbons (Fsp3) is 0.214. The van der Waals surface area contributed by atoms with Gasteiger partial charge in [-0.3, -0.25) is 9.36 Å². The van der Waals surface area contributed by atoms with Crippen molar-refractivity contribution in [2.75, 3.05) is 14.1 Å². The van der Waals surface area contributed by atoms with E-state index >= 15 is 0 Å². The molecule has 2 heterocycles. The Balaban J connectivity index is 2.29. The first kappa shape index (κ1) is 14.4. The zero-order chi connectivity index (χ0) is 16.1. The number of amides is 2. The van der Waals surface area contributed by atoms with Crippen LogP contribution < -0.4 is 4.65 Å². The Labute approximate surface area is 125 Å². The third kappa shape index (κ3) is 2.00. The van der Waals surface area contributed by atoms with Crippen LogP contribution in [0.3, 0.4) is 0 Å². The Kier molecular flexibility index (Phi) is 3.08. The number of imidazole rings is 1. The first-order valence-corrected chi connectivity index (χ1v) is 6.52. The van der Waals surface area contributed by atoms with Crippen molar-refractivity contribution in [3.8, 4) is 5.69 Å². The Morgan fingerprint density at radius 3 is 2.86 bits per heavy atom. The maximum atomic E-state index is 13.5. The average Bonchev–Trinajstić information content (AvgIpc) is 2.86. The van der Waals surface area contributed by atoms with E-state index in [1.807, 2.05) is 0 Å². The second kappa shape index (κ2) is 4.72. The highest BCUT2D eigenvalue weighted by molar-refractivity contribution is 5.98. The predicted octanol–water partition coefficient (Wildman–Crippen LogP) is 1.08. The number of fused-ring (bicyclic) bond motifs is 3. The van der Waals surface area contributed by atoms with Gasteiger partial charge in [-0.1, -0.05) is 4.65 Å². The van der Waals surface area contributed by atoms with Crippen molar-refractivity contribution in [1.29, 1.82) is 0 Å². The van der Waals surface area contributed by atoms with Gasteiger partial charge in [0.05, 0.1) is 17.8 Å². The van der Waals surface area contributed by atoms with Crippen LogP contribution in [0.2, 0.25) is 0 Å². The molecule has 8 heteroatoms. The van der Waals surface area contributed by atoms with Crippen LogP contribution in [0.1, 0.15) is 16.1 Å². The first-order valence-electron chi connectivity index (χ1n) is 6.52. The van der Waals surface area contributed by atoms with Crippen LogP contribution in [-0.2, 0) is 11.3 Å². The number of nitrogens with zero attached hydrogens (tertiary/aromatic N) is 4. The monoisotopic (exact) mass is 305 g/mol. The van der Waals surface area contributed by atoms with E-state index in [-0.39, 0.29) is 23.8 Å². The van der Waals surface area contributed by atoms with Crippen molar-refractivity contribution in [2.45, 2.75) is 6.54 Å². The van der Waals surface area contributed by atoms with E-state index in [0.29, 0.717) is 17.8 Å². The molecule has 0 fully saturated rings. The number of halogens is 1. The summed E-state index contributed by atoms with van der Waals surface area (Å²) in [5.74, 6) is -0.742. The van der Waals surface area contributed by atoms with Crippen molar-refractivity contribution in [3.63, 3.8) is 0 Å². The highest BCUT2D eigenvalue weighted by atomic mass is 19.1. The molecule has 1 aliphatic heterocycles. The number of hydroxylamine groups is 2. The second-order valence-electron chi connectivity index (χ2n) is 5.34. The Morgan fingerprint density at radius 2 is 2.18 bits per heavy atom. The van der Waals surface area contributed by atoms with Gasteiger partial charge >= 0.3 is 6.41 Å². The molecule has 7 nitrogen and oxygen atoms in total. The molecule has 1 N–H and O–H groups in total. The van der Waals surface area contributed by atoms with Crippen LogP contribution in [-0.4, -0.2) is 46.1 Å². The van der Waals surface area contributed by atoms with Gasteiger partial charge in [0, 0.05) is 7.05 Å². The predicted molar refractivity (Wildman–Crippen MR) is 74.9 cm³/mol. The number of rotatable bonds is 2. The molecular weight excluding hydrogens is 291 g/mol. The van der Waals surface area contributed by atoms with E-state index in [4.69, 9.17) is 0 Å². The van der Waals surface area contributed by atoms with Gasteiger partial charge in [0.25, 0.3) is 11.7 Å². The minimum atomic E-state index is -1.05. The number of aromatic nitrogens is 2. The SMILES string of the molecule is CN1Cc2c([N+](C)(O)C=O)ncn2-c2ccc(F)cc2C1=O. The Bertz CT molecular complexity index is 784. The number of hydrogen-bond acceptors (Lipinski definition) is 4. The second-order valence-corrected chi connectivity index (χ2v) is 5.34. The van der Waals surface area contributed by atoms with Gasteiger partial charge < -0.3 is 4.90 Å². The van der Waals surface area contributed by atoms with E-state index in [1.54, 1.807) is 11.6 Å². The number of carbonyl (C=O) groups excluding carboxylic acids is 2. The summed E-state index contributed by atoms with van der Waals surface area (Å²) in [5, 5.41) is 10.1. The number of quaternary nitrogens is 1. The largest absolute Gasteiger partial charge is 0.339 e. The van der Waals surface area contributed by atoms with Crippen molar-refractivity contribution in [3.05, 3.63) is 41.6 Å². The zero-order valence-electron chi connectivity index (χ0n) is 12.0. The third-order valence-corrected chi connectivity index (χ3v) is 3.66. The summed E-state index contributed by atoms with van der Waals surface area (Å²) < 4.78 is 14.0. The van der Waals surface area contributed by atoms with Crippen molar-refractivity contribution in [1.82, 2.24) is 19.1 Å². The molecule has 1 aliphatic rings. The molecule has 1 atom stereocenters. The molecule has 0 bridgehead atoms. The normalized spacial score (nSPS) is 16.5. The van der Waals surface area contributed by atoms with Gasteiger partial charge in [0.2, 0.25) is 0 Å². The average molecular weight is 305 g/mol. The fourth-order valence-corrected chi connectivity index (χ4v) is 2.54. The molecule has 0 saturated carbocycles. The van der Waals surface area contributed by atoms with E-state index in [0.717, 1.165) is 6.07 Å². The molecule has 1 aromatic carbocycles. The van der Waals surface area contributed by atoms with Gasteiger partial charge in [-0.15, -0.1) is 0 Å². The van der Waals surface area contributed by atoms with Crippen LogP contribution in [0.5, 0.6) is 0 Å². The maximum absolute atomic E-state index is 13.5. The maximum Gasteiger partial charge on any atom is 0.339 e. The summed E-state index contributed by atoms with van der Waals surface area (Å²) in [7, 11) is 2.83. The summed E-state index contributed by atoms with van der Waals surface area (Å²) >= 11 is 0. The highest BCUT2D eigenvalue weighted by Crippen LogP contribution is 2.30. The summed E-state index contributed by atoms with van der Waals surface area (Å²) in [6, 6.07) is 3.88. The summed E-state index contributed by atoms with van der Waals surface area (Å²) in [6.07, 6.45) is 1.74. The molecule has 22 heavy (non-hydrogen) atoms. The molecule has 3 rings (SSSR count). The van der Waals surface area contributed by atoms with Gasteiger partial charge in [-0.25, -0.2) is 14.4 Å². The summed E-state index contributed by atoms with van der Waals surface area (Å²) in [5.41, 5.74) is 1.14. The summed E-state index contributed by atoms with van der Waals surface area (Å²) in [4.78, 5) is 28.9. The molecule has 0 aliphatic carbocycles. The van der Waals surface area contributed by atoms with Crippen LogP contribution in [0.25, 0.3) is 5.69 Å². The smallest absolute Gasteiger partial charge is 0.335 e. The van der Waals surface area contributed by atoms with Gasteiger partial charge in [-0.2, -0.15) is 4.98 Å². The molecule has 1 unspecified atom stereocenters. The van der Waals surface area contributed by atoms with Crippen LogP contribution in [0, 0.1) is 5.82 Å². The van der Waals surface area contributed by atoms with E-state index in [1.165, 1.54) is 30.4 Å². The van der Waals surface area contributed by atoms with Crippen LogP contribution in [0.15, 0.2) is 24.5 Å². The molecule has 2 amide bonds. The van der Waals surface area contributed by atoms with Gasteiger partial charge in [0.15, 0.2) is 0 Å². The standard InChI is InChI=1S/C14H14FN4O3/c1-17-6-12-13(19(2,22)8-20)16-7-18(12)11-4-3-9(15)5-10(11)14(17)21/h3-5,7-8,22H,6H2,1-2H3/q+1. The van der Waals surface area contributed by atoms with Crippen molar-refractivity contribution in [2.24, 2.45) is 0 Å². The van der Waals surface area contributed by atoms with Gasteiger partial charge in [0.1, 0.15) is 24.9 Å². The van der Waals surface area contributed by atoms with Crippen molar-refractivity contribution < 1.29 is 19.2 Å². The molecule has 114 valence electrons. The van der Waals surface area contributed by atoms with E-state index in [2.05, 4.69) is 4.98 Å². The van der Waals surface area contributed by atoms with Crippen LogP contribution in [0.4, 0.5) is 10.2 Å². The lowest BCUT2D eigenvalue weighted by Gasteiger charge is -2.18. The topological polar surface area (TPSA) is 75.4 Å². The number of carbonyl (C=O) groups is 2. The third-order valence-electron chi connectivity index (χ3n) is 3.66. The Morgan fingerprint density at radius 1 is 1.45 bits per heavy atom. The van der Waals surface area contributed by atoms with Crippen LogP contribution >= 0.6 is 0 Å². The molecule has 0 spiro atoms. The molecule has 0 radical (unpaired) electrons. The van der Waals surface area contributed by atoms with Gasteiger partial charge in [-0.05, 0) is 18.2 Å². The Hall–Kier alpha value is -2.58. The molecule has 2 aromatic rings. The molecule has 1 aromatic heterocycles. The van der Waals surface area contributed by atoms with E-state index in [9.17, 15) is 19.2 Å². The fourth-order valence-electron chi connectivity index (χ4n) is 2.54. The van der Waals surface area contributed by atoms with E-state index < -0.39 is 10.5 Å². The lowest BCUT2D eigenvalue weighted by atomic mass is 10.1. The highest BCUT2D eigenvalue weighted by Gasteiger charge is 2.35. The van der Waals surface area contributed by atoms with Crippen molar-refractivity contribution >= 4 is 18.1 Å². The first-order chi connectivity index (χ1) is 10.3. The minimum Gasteiger partial charge on any atom is -0.335 e. The minimum absolute atomic E-state index is 0.117. The lowest BCUT2D eigenvalue weighted by molar-refractivity contribution is -0.141. The zero-order valence-corrected chi connectivity index (χ0v) is 12.0. The quantitative estimate of drug-likeness (QED) is 0.390. The molecule has 0 saturated heterocycles. The number of hydrogen-bond donors (Lipinski definition) is 1. The lowest BCUT2D eigenvalue weighted by Crippen LogP contribution is -2.41. The summed E-state index contributed by atoms with van der Waals surface area (Å²) in [6.45, 7) is 0.132.